The van der Waals surface area contributed by atoms with E-state index in [1.165, 1.54) is 0 Å². The second-order valence-corrected chi connectivity index (χ2v) is 7.50. The summed E-state index contributed by atoms with van der Waals surface area (Å²) in [6.07, 6.45) is 0. The molecule has 0 atom stereocenters. The molecule has 8 heteroatoms. The Morgan fingerprint density at radius 1 is 1.12 bits per heavy atom. The molecule has 3 aromatic rings. The predicted octanol–water partition coefficient (Wildman–Crippen LogP) is 2.84. The first-order chi connectivity index (χ1) is 12.4. The van der Waals surface area contributed by atoms with Gasteiger partial charge < -0.3 is 9.26 Å². The molecule has 26 heavy (non-hydrogen) atoms. The molecular formula is C18H19N3O4S. The summed E-state index contributed by atoms with van der Waals surface area (Å²) in [7, 11) is -2.19. The van der Waals surface area contributed by atoms with E-state index in [1.54, 1.807) is 33.1 Å². The Morgan fingerprint density at radius 2 is 1.77 bits per heavy atom. The predicted molar refractivity (Wildman–Crippen MR) is 96.2 cm³/mol. The molecule has 2 aromatic carbocycles. The van der Waals surface area contributed by atoms with Crippen LogP contribution in [0.25, 0.3) is 11.4 Å². The Balaban J connectivity index is 1.79. The zero-order chi connectivity index (χ0) is 18.7. The maximum Gasteiger partial charge on any atom is 0.242 e. The number of sulfonamides is 1. The molecule has 0 bridgehead atoms. The number of methoxy groups -OCH3 is 1. The van der Waals surface area contributed by atoms with Gasteiger partial charge in [-0.2, -0.15) is 4.98 Å². The molecule has 7 nitrogen and oxygen atoms in total. The van der Waals surface area contributed by atoms with E-state index < -0.39 is 10.0 Å². The lowest BCUT2D eigenvalue weighted by atomic mass is 10.1. The monoisotopic (exact) mass is 373 g/mol. The molecule has 0 amide bonds. The molecule has 3 rings (SSSR count). The van der Waals surface area contributed by atoms with Crippen LogP contribution in [0.3, 0.4) is 0 Å². The maximum atomic E-state index is 12.7. The fraction of sp³-hybridized carbons (Fsp3) is 0.222. The average molecular weight is 373 g/mol. The lowest BCUT2D eigenvalue weighted by molar-refractivity contribution is 0.376. The largest absolute Gasteiger partial charge is 0.497 e. The second-order valence-electron chi connectivity index (χ2n) is 5.79. The van der Waals surface area contributed by atoms with Gasteiger partial charge >= 0.3 is 0 Å². The summed E-state index contributed by atoms with van der Waals surface area (Å²) < 4.78 is 38.2. The van der Waals surface area contributed by atoms with E-state index in [-0.39, 0.29) is 17.3 Å². The third kappa shape index (κ3) is 3.76. The van der Waals surface area contributed by atoms with Gasteiger partial charge in [0, 0.05) is 5.56 Å². The Bertz CT molecular complexity index is 991. The van der Waals surface area contributed by atoms with E-state index in [1.807, 2.05) is 30.3 Å². The highest BCUT2D eigenvalue weighted by atomic mass is 32.2. The number of ether oxygens (including phenoxy) is 1. The molecule has 1 aromatic heterocycles. The Hall–Kier alpha value is -2.71. The fourth-order valence-corrected chi connectivity index (χ4v) is 4.14. The molecule has 0 aliphatic heterocycles. The molecule has 0 unspecified atom stereocenters. The first-order valence-electron chi connectivity index (χ1n) is 7.93. The number of rotatable bonds is 6. The van der Waals surface area contributed by atoms with Crippen LogP contribution in [0.1, 0.15) is 17.0 Å². The van der Waals surface area contributed by atoms with Crippen molar-refractivity contribution in [1.82, 2.24) is 14.9 Å². The summed E-state index contributed by atoms with van der Waals surface area (Å²) in [5, 5.41) is 3.88. The van der Waals surface area contributed by atoms with E-state index in [2.05, 4.69) is 14.9 Å². The molecule has 0 aliphatic carbocycles. The van der Waals surface area contributed by atoms with Gasteiger partial charge in [0.1, 0.15) is 5.75 Å². The van der Waals surface area contributed by atoms with E-state index in [0.717, 1.165) is 5.56 Å². The van der Waals surface area contributed by atoms with Crippen molar-refractivity contribution in [3.05, 3.63) is 59.5 Å². The Morgan fingerprint density at radius 3 is 2.38 bits per heavy atom. The topological polar surface area (TPSA) is 94.3 Å². The van der Waals surface area contributed by atoms with Crippen LogP contribution in [0.15, 0.2) is 51.9 Å². The summed E-state index contributed by atoms with van der Waals surface area (Å²) >= 11 is 0. The number of hydrogen-bond acceptors (Lipinski definition) is 6. The van der Waals surface area contributed by atoms with Crippen LogP contribution in [0.2, 0.25) is 0 Å². The third-order valence-corrected chi connectivity index (χ3v) is 5.56. The van der Waals surface area contributed by atoms with Gasteiger partial charge in [-0.1, -0.05) is 35.5 Å². The number of hydrogen-bond donors (Lipinski definition) is 1. The van der Waals surface area contributed by atoms with E-state index in [0.29, 0.717) is 22.7 Å². The quantitative estimate of drug-likeness (QED) is 0.714. The number of nitrogens with zero attached hydrogens (tertiary/aromatic N) is 2. The molecule has 0 saturated carbocycles. The number of aromatic nitrogens is 2. The van der Waals surface area contributed by atoms with E-state index >= 15 is 0 Å². The summed E-state index contributed by atoms with van der Waals surface area (Å²) in [5.74, 6) is 1.22. The van der Waals surface area contributed by atoms with Crippen LogP contribution in [0, 0.1) is 13.8 Å². The van der Waals surface area contributed by atoms with Crippen molar-refractivity contribution in [3.8, 4) is 17.1 Å². The second kappa shape index (κ2) is 7.27. The van der Waals surface area contributed by atoms with Gasteiger partial charge in [0.25, 0.3) is 0 Å². The highest BCUT2D eigenvalue weighted by Gasteiger charge is 2.21. The minimum Gasteiger partial charge on any atom is -0.497 e. The van der Waals surface area contributed by atoms with Gasteiger partial charge in [-0.05, 0) is 37.1 Å². The van der Waals surface area contributed by atoms with Crippen LogP contribution < -0.4 is 9.46 Å². The minimum atomic E-state index is -3.73. The smallest absolute Gasteiger partial charge is 0.242 e. The van der Waals surface area contributed by atoms with Gasteiger partial charge in [-0.3, -0.25) is 0 Å². The normalized spacial score (nSPS) is 11.5. The van der Waals surface area contributed by atoms with Crippen LogP contribution in [-0.2, 0) is 16.6 Å². The summed E-state index contributed by atoms with van der Waals surface area (Å²) in [6.45, 7) is 3.36. The van der Waals surface area contributed by atoms with Crippen molar-refractivity contribution in [1.29, 1.82) is 0 Å². The fourth-order valence-electron chi connectivity index (χ4n) is 2.71. The zero-order valence-electron chi connectivity index (χ0n) is 14.7. The highest BCUT2D eigenvalue weighted by molar-refractivity contribution is 7.89. The van der Waals surface area contributed by atoms with Crippen molar-refractivity contribution >= 4 is 10.0 Å². The molecule has 0 spiro atoms. The molecular weight excluding hydrogens is 354 g/mol. The lowest BCUT2D eigenvalue weighted by Gasteiger charge is -2.12. The van der Waals surface area contributed by atoms with Gasteiger partial charge in [0.2, 0.25) is 21.7 Å². The zero-order valence-corrected chi connectivity index (χ0v) is 15.5. The van der Waals surface area contributed by atoms with E-state index in [9.17, 15) is 8.42 Å². The first-order valence-corrected chi connectivity index (χ1v) is 9.42. The van der Waals surface area contributed by atoms with Gasteiger partial charge in [0.05, 0.1) is 18.6 Å². The van der Waals surface area contributed by atoms with Gasteiger partial charge in [-0.15, -0.1) is 0 Å². The molecule has 0 saturated heterocycles. The average Bonchev–Trinajstić information content (AvgIpc) is 3.09. The maximum absolute atomic E-state index is 12.7. The summed E-state index contributed by atoms with van der Waals surface area (Å²) in [5.41, 5.74) is 2.00. The molecule has 1 N–H and O–H groups in total. The minimum absolute atomic E-state index is 0.0902. The number of benzene rings is 2. The first kappa shape index (κ1) is 18.1. The van der Waals surface area contributed by atoms with Crippen molar-refractivity contribution in [2.45, 2.75) is 25.3 Å². The molecule has 0 fully saturated rings. The number of aryl methyl sites for hydroxylation is 2. The molecule has 136 valence electrons. The van der Waals surface area contributed by atoms with Crippen LogP contribution in [-0.4, -0.2) is 25.7 Å². The lowest BCUT2D eigenvalue weighted by Crippen LogP contribution is -2.25. The Labute approximate surface area is 152 Å². The summed E-state index contributed by atoms with van der Waals surface area (Å²) in [6, 6.07) is 12.7. The van der Waals surface area contributed by atoms with Crippen LogP contribution in [0.4, 0.5) is 0 Å². The van der Waals surface area contributed by atoms with Gasteiger partial charge in [-0.25, -0.2) is 13.1 Å². The number of nitrogens with one attached hydrogen (secondary N) is 1. The van der Waals surface area contributed by atoms with Crippen LogP contribution in [0.5, 0.6) is 5.75 Å². The van der Waals surface area contributed by atoms with Gasteiger partial charge in [0.15, 0.2) is 0 Å². The SMILES string of the molecule is COc1cc(C)c(S(=O)(=O)NCc2nc(-c3ccccc3)no2)c(C)c1. The Kier molecular flexibility index (Phi) is 5.06. The third-order valence-electron chi connectivity index (χ3n) is 3.85. The van der Waals surface area contributed by atoms with Crippen molar-refractivity contribution in [3.63, 3.8) is 0 Å². The highest BCUT2D eigenvalue weighted by Crippen LogP contribution is 2.25. The summed E-state index contributed by atoms with van der Waals surface area (Å²) in [4.78, 5) is 4.45. The molecule has 0 aliphatic rings. The van der Waals surface area contributed by atoms with Crippen LogP contribution >= 0.6 is 0 Å². The van der Waals surface area contributed by atoms with E-state index in [4.69, 9.17) is 9.26 Å². The van der Waals surface area contributed by atoms with Crippen molar-refractivity contribution in [2.24, 2.45) is 0 Å². The molecule has 0 radical (unpaired) electrons. The van der Waals surface area contributed by atoms with Crippen molar-refractivity contribution in [2.75, 3.05) is 7.11 Å². The standard InChI is InChI=1S/C18H19N3O4S/c1-12-9-15(24-3)10-13(2)17(12)26(22,23)19-11-16-20-18(21-25-16)14-7-5-4-6-8-14/h4-10,19H,11H2,1-3H3. The molecule has 1 heterocycles. The van der Waals surface area contributed by atoms with Crippen molar-refractivity contribution < 1.29 is 17.7 Å².